The smallest absolute Gasteiger partial charge is 0.261 e. The number of unbranched alkanes of at least 4 members (excludes halogenated alkanes) is 1. The predicted molar refractivity (Wildman–Crippen MR) is 80.7 cm³/mol. The molecule has 96 valence electrons. The summed E-state index contributed by atoms with van der Waals surface area (Å²) < 4.78 is 1.90. The molecule has 0 atom stereocenters. The second kappa shape index (κ2) is 7.54. The largest absolute Gasteiger partial charge is 0.351 e. The van der Waals surface area contributed by atoms with Gasteiger partial charge in [0, 0.05) is 11.0 Å². The highest BCUT2D eigenvalue weighted by molar-refractivity contribution is 9.13. The van der Waals surface area contributed by atoms with Crippen molar-refractivity contribution in [2.45, 2.75) is 33.1 Å². The van der Waals surface area contributed by atoms with Crippen LogP contribution in [0.3, 0.4) is 0 Å². The molecule has 1 amide bonds. The molecule has 0 saturated carbocycles. The molecule has 0 aliphatic rings. The molecule has 1 aromatic rings. The molecule has 1 heterocycles. The van der Waals surface area contributed by atoms with Crippen LogP contribution in [-0.4, -0.2) is 12.5 Å². The molecule has 0 aromatic carbocycles. The fraction of sp³-hybridized carbons (Fsp3) is 0.583. The Morgan fingerprint density at radius 3 is 2.65 bits per heavy atom. The minimum atomic E-state index is 0.0194. The normalized spacial score (nSPS) is 10.9. The quantitative estimate of drug-likeness (QED) is 0.701. The highest BCUT2D eigenvalue weighted by Crippen LogP contribution is 2.32. The van der Waals surface area contributed by atoms with Crippen molar-refractivity contribution in [3.05, 3.63) is 19.2 Å². The molecule has 17 heavy (non-hydrogen) atoms. The number of thiophene rings is 1. The third kappa shape index (κ3) is 5.53. The standard InChI is InChI=1S/C12H17Br2NOS/c1-8(2)5-3-4-6-15-12(16)10-7-9(13)11(14)17-10/h7-8H,3-6H2,1-2H3,(H,15,16). The maximum absolute atomic E-state index is 11.8. The van der Waals surface area contributed by atoms with E-state index in [-0.39, 0.29) is 5.91 Å². The lowest BCUT2D eigenvalue weighted by molar-refractivity contribution is 0.0957. The Labute approximate surface area is 123 Å². The molecule has 0 aliphatic heterocycles. The first-order valence-electron chi connectivity index (χ1n) is 5.73. The van der Waals surface area contributed by atoms with E-state index in [1.165, 1.54) is 24.2 Å². The van der Waals surface area contributed by atoms with Crippen LogP contribution in [0.4, 0.5) is 0 Å². The average Bonchev–Trinajstić information content (AvgIpc) is 2.58. The van der Waals surface area contributed by atoms with E-state index < -0.39 is 0 Å². The summed E-state index contributed by atoms with van der Waals surface area (Å²) in [5, 5.41) is 2.94. The van der Waals surface area contributed by atoms with Gasteiger partial charge in [0.05, 0.1) is 8.66 Å². The summed E-state index contributed by atoms with van der Waals surface area (Å²) >= 11 is 8.21. The van der Waals surface area contributed by atoms with Crippen LogP contribution < -0.4 is 5.32 Å². The third-order valence-corrected chi connectivity index (χ3v) is 5.62. The van der Waals surface area contributed by atoms with Crippen LogP contribution in [0.15, 0.2) is 14.3 Å². The summed E-state index contributed by atoms with van der Waals surface area (Å²) in [7, 11) is 0. The Balaban J connectivity index is 2.26. The summed E-state index contributed by atoms with van der Waals surface area (Å²) in [5.41, 5.74) is 0. The van der Waals surface area contributed by atoms with Gasteiger partial charge in [-0.25, -0.2) is 0 Å². The lowest BCUT2D eigenvalue weighted by Crippen LogP contribution is -2.23. The van der Waals surface area contributed by atoms with Gasteiger partial charge in [-0.15, -0.1) is 11.3 Å². The lowest BCUT2D eigenvalue weighted by Gasteiger charge is -2.05. The van der Waals surface area contributed by atoms with E-state index in [1.54, 1.807) is 0 Å². The lowest BCUT2D eigenvalue weighted by atomic mass is 10.1. The van der Waals surface area contributed by atoms with Gasteiger partial charge in [-0.1, -0.05) is 26.7 Å². The van der Waals surface area contributed by atoms with E-state index >= 15 is 0 Å². The van der Waals surface area contributed by atoms with Crippen LogP contribution in [0.2, 0.25) is 0 Å². The van der Waals surface area contributed by atoms with Crippen LogP contribution in [0.25, 0.3) is 0 Å². The topological polar surface area (TPSA) is 29.1 Å². The van der Waals surface area contributed by atoms with E-state index in [4.69, 9.17) is 0 Å². The number of hydrogen-bond acceptors (Lipinski definition) is 2. The van der Waals surface area contributed by atoms with Crippen LogP contribution in [0.5, 0.6) is 0 Å². The number of hydrogen-bond donors (Lipinski definition) is 1. The van der Waals surface area contributed by atoms with Gasteiger partial charge < -0.3 is 5.32 Å². The van der Waals surface area contributed by atoms with Gasteiger partial charge in [-0.05, 0) is 50.3 Å². The minimum absolute atomic E-state index is 0.0194. The van der Waals surface area contributed by atoms with Gasteiger partial charge in [0.15, 0.2) is 0 Å². The first kappa shape index (κ1) is 15.2. The minimum Gasteiger partial charge on any atom is -0.351 e. The van der Waals surface area contributed by atoms with E-state index in [0.29, 0.717) is 0 Å². The maximum atomic E-state index is 11.8. The third-order valence-electron chi connectivity index (χ3n) is 2.36. The average molecular weight is 383 g/mol. The molecule has 0 spiro atoms. The van der Waals surface area contributed by atoms with Crippen molar-refractivity contribution >= 4 is 49.1 Å². The molecule has 0 unspecified atom stereocenters. The van der Waals surface area contributed by atoms with Crippen molar-refractivity contribution in [2.24, 2.45) is 5.92 Å². The fourth-order valence-electron chi connectivity index (χ4n) is 1.43. The number of carbonyl (C=O) groups is 1. The number of amides is 1. The number of carbonyl (C=O) groups excluding carboxylic acids is 1. The zero-order chi connectivity index (χ0) is 12.8. The molecule has 5 heteroatoms. The molecular formula is C12H17Br2NOS. The Bertz CT molecular complexity index is 357. The van der Waals surface area contributed by atoms with Crippen molar-refractivity contribution in [3.63, 3.8) is 0 Å². The molecule has 0 bridgehead atoms. The highest BCUT2D eigenvalue weighted by Gasteiger charge is 2.11. The molecule has 1 aromatic heterocycles. The van der Waals surface area contributed by atoms with Crippen molar-refractivity contribution in [2.75, 3.05) is 6.54 Å². The molecule has 0 saturated heterocycles. The Morgan fingerprint density at radius 2 is 2.12 bits per heavy atom. The van der Waals surface area contributed by atoms with Gasteiger partial charge in [-0.2, -0.15) is 0 Å². The summed E-state index contributed by atoms with van der Waals surface area (Å²) in [6, 6.07) is 1.85. The molecular weight excluding hydrogens is 366 g/mol. The number of nitrogens with one attached hydrogen (secondary N) is 1. The first-order valence-corrected chi connectivity index (χ1v) is 8.14. The molecule has 1 rings (SSSR count). The predicted octanol–water partition coefficient (Wildman–Crippen LogP) is 4.83. The van der Waals surface area contributed by atoms with Gasteiger partial charge in [0.25, 0.3) is 5.91 Å². The van der Waals surface area contributed by atoms with Gasteiger partial charge in [0.2, 0.25) is 0 Å². The SMILES string of the molecule is CC(C)CCCCNC(=O)c1cc(Br)c(Br)s1. The van der Waals surface area contributed by atoms with Crippen LogP contribution in [0, 0.1) is 5.92 Å². The van der Waals surface area contributed by atoms with E-state index in [1.807, 2.05) is 6.07 Å². The van der Waals surface area contributed by atoms with Crippen molar-refractivity contribution in [1.82, 2.24) is 5.32 Å². The fourth-order valence-corrected chi connectivity index (χ4v) is 3.38. The Morgan fingerprint density at radius 1 is 1.41 bits per heavy atom. The van der Waals surface area contributed by atoms with Crippen LogP contribution in [-0.2, 0) is 0 Å². The van der Waals surface area contributed by atoms with Crippen LogP contribution >= 0.6 is 43.2 Å². The Kier molecular flexibility index (Phi) is 6.74. The van der Waals surface area contributed by atoms with Gasteiger partial charge in [-0.3, -0.25) is 4.79 Å². The second-order valence-corrected chi connectivity index (χ2v) is 7.60. The monoisotopic (exact) mass is 381 g/mol. The van der Waals surface area contributed by atoms with Crippen molar-refractivity contribution in [1.29, 1.82) is 0 Å². The number of rotatable bonds is 6. The van der Waals surface area contributed by atoms with Crippen molar-refractivity contribution in [3.8, 4) is 0 Å². The highest BCUT2D eigenvalue weighted by atomic mass is 79.9. The maximum Gasteiger partial charge on any atom is 0.261 e. The van der Waals surface area contributed by atoms with Gasteiger partial charge in [0.1, 0.15) is 0 Å². The molecule has 0 fully saturated rings. The first-order chi connectivity index (χ1) is 8.00. The summed E-state index contributed by atoms with van der Waals surface area (Å²) in [6.45, 7) is 5.21. The van der Waals surface area contributed by atoms with Gasteiger partial charge >= 0.3 is 0 Å². The summed E-state index contributed by atoms with van der Waals surface area (Å²) in [5.74, 6) is 0.765. The zero-order valence-electron chi connectivity index (χ0n) is 10.1. The molecule has 2 nitrogen and oxygen atoms in total. The molecule has 1 N–H and O–H groups in total. The Hall–Kier alpha value is 0.130. The van der Waals surface area contributed by atoms with E-state index in [9.17, 15) is 4.79 Å². The second-order valence-electron chi connectivity index (χ2n) is 4.38. The van der Waals surface area contributed by atoms with Crippen molar-refractivity contribution < 1.29 is 4.79 Å². The molecule has 0 aliphatic carbocycles. The zero-order valence-corrected chi connectivity index (χ0v) is 14.0. The van der Waals surface area contributed by atoms with E-state index in [2.05, 4.69) is 51.0 Å². The number of halogens is 2. The summed E-state index contributed by atoms with van der Waals surface area (Å²) in [4.78, 5) is 12.5. The summed E-state index contributed by atoms with van der Waals surface area (Å²) in [6.07, 6.45) is 3.46. The van der Waals surface area contributed by atoms with E-state index in [0.717, 1.165) is 32.0 Å². The molecule has 0 radical (unpaired) electrons. The van der Waals surface area contributed by atoms with Crippen LogP contribution in [0.1, 0.15) is 42.8 Å².